The van der Waals surface area contributed by atoms with Gasteiger partial charge >= 0.3 is 0 Å². The lowest BCUT2D eigenvalue weighted by atomic mass is 9.88. The summed E-state index contributed by atoms with van der Waals surface area (Å²) in [6.45, 7) is 8.57. The van der Waals surface area contributed by atoms with E-state index in [2.05, 4.69) is 18.2 Å². The first kappa shape index (κ1) is 25.7. The van der Waals surface area contributed by atoms with Crippen LogP contribution >= 0.6 is 11.6 Å². The van der Waals surface area contributed by atoms with Crippen LogP contribution in [0.1, 0.15) is 75.3 Å². The Labute approximate surface area is 192 Å². The first-order valence-corrected chi connectivity index (χ1v) is 12.0. The normalized spacial score (nSPS) is 22.1. The van der Waals surface area contributed by atoms with Crippen LogP contribution in [-0.4, -0.2) is 35.6 Å². The molecule has 4 rings (SSSR count). The predicted molar refractivity (Wildman–Crippen MR) is 127 cm³/mol. The molecule has 4 nitrogen and oxygen atoms in total. The zero-order valence-electron chi connectivity index (χ0n) is 19.2. The third-order valence-corrected chi connectivity index (χ3v) is 5.83. The molecule has 0 spiro atoms. The third kappa shape index (κ3) is 6.45. The molecule has 1 fully saturated rings. The molecular weight excluding hydrogens is 412 g/mol. The highest BCUT2D eigenvalue weighted by Gasteiger charge is 2.33. The minimum atomic E-state index is -0.477. The second kappa shape index (κ2) is 13.1. The van der Waals surface area contributed by atoms with Crippen LogP contribution < -0.4 is 4.74 Å². The number of aliphatic hydroxyl groups is 2. The highest BCUT2D eigenvalue weighted by Crippen LogP contribution is 2.44. The number of rotatable bonds is 4. The van der Waals surface area contributed by atoms with Crippen molar-refractivity contribution in [3.05, 3.63) is 63.7 Å². The van der Waals surface area contributed by atoms with Crippen molar-refractivity contribution in [2.45, 2.75) is 78.1 Å². The zero-order valence-corrected chi connectivity index (χ0v) is 20.0. The minimum Gasteiger partial charge on any atom is -0.492 e. The van der Waals surface area contributed by atoms with E-state index < -0.39 is 6.10 Å². The summed E-state index contributed by atoms with van der Waals surface area (Å²) in [7, 11) is 0. The molecule has 3 unspecified atom stereocenters. The van der Waals surface area contributed by atoms with Crippen molar-refractivity contribution in [1.29, 1.82) is 0 Å². The fourth-order valence-electron chi connectivity index (χ4n) is 4.12. The molecule has 5 heteroatoms. The number of fused-ring (bicyclic) bond motifs is 1. The van der Waals surface area contributed by atoms with Crippen molar-refractivity contribution in [3.8, 4) is 5.75 Å². The van der Waals surface area contributed by atoms with E-state index in [0.29, 0.717) is 30.9 Å². The van der Waals surface area contributed by atoms with E-state index in [9.17, 15) is 10.2 Å². The highest BCUT2D eigenvalue weighted by atomic mass is 35.5. The fraction of sp³-hybridized carbons (Fsp3) is 0.538. The van der Waals surface area contributed by atoms with Crippen molar-refractivity contribution < 1.29 is 19.7 Å². The van der Waals surface area contributed by atoms with Gasteiger partial charge in [0.2, 0.25) is 0 Å². The Morgan fingerprint density at radius 3 is 2.45 bits per heavy atom. The van der Waals surface area contributed by atoms with Crippen molar-refractivity contribution in [2.24, 2.45) is 0 Å². The number of halogens is 1. The van der Waals surface area contributed by atoms with Gasteiger partial charge in [0, 0.05) is 18.4 Å². The van der Waals surface area contributed by atoms with Crippen LogP contribution in [-0.2, 0) is 17.6 Å². The first-order chi connectivity index (χ1) is 15.2. The van der Waals surface area contributed by atoms with Crippen LogP contribution in [0, 0.1) is 0 Å². The van der Waals surface area contributed by atoms with E-state index in [1.807, 2.05) is 45.9 Å². The molecular formula is C26H37ClO4. The number of ether oxygens (including phenoxy) is 2. The topological polar surface area (TPSA) is 58.9 Å². The first-order valence-electron chi connectivity index (χ1n) is 11.6. The summed E-state index contributed by atoms with van der Waals surface area (Å²) in [5, 5.41) is 20.5. The average molecular weight is 449 g/mol. The molecule has 3 atom stereocenters. The quantitative estimate of drug-likeness (QED) is 0.613. The predicted octanol–water partition coefficient (Wildman–Crippen LogP) is 5.88. The molecule has 0 aliphatic carbocycles. The van der Waals surface area contributed by atoms with Crippen LogP contribution in [0.15, 0.2) is 36.4 Å². The maximum absolute atomic E-state index is 10.3. The minimum absolute atomic E-state index is 0.0866. The summed E-state index contributed by atoms with van der Waals surface area (Å²) in [5.41, 5.74) is 4.30. The third-order valence-electron chi connectivity index (χ3n) is 5.42. The Morgan fingerprint density at radius 2 is 1.77 bits per heavy atom. The molecule has 0 saturated carbocycles. The Bertz CT molecular complexity index is 794. The van der Waals surface area contributed by atoms with Crippen LogP contribution in [0.4, 0.5) is 0 Å². The van der Waals surface area contributed by atoms with Gasteiger partial charge in [-0.2, -0.15) is 0 Å². The van der Waals surface area contributed by atoms with E-state index in [0.717, 1.165) is 35.3 Å². The van der Waals surface area contributed by atoms with E-state index in [1.54, 1.807) is 0 Å². The fourth-order valence-corrected chi connectivity index (χ4v) is 4.41. The molecule has 1 saturated heterocycles. The molecule has 0 amide bonds. The summed E-state index contributed by atoms with van der Waals surface area (Å²) < 4.78 is 12.0. The van der Waals surface area contributed by atoms with Gasteiger partial charge in [0.15, 0.2) is 0 Å². The molecule has 2 aromatic carbocycles. The van der Waals surface area contributed by atoms with Gasteiger partial charge < -0.3 is 19.7 Å². The lowest BCUT2D eigenvalue weighted by molar-refractivity contribution is -0.114. The molecule has 2 aliphatic rings. The van der Waals surface area contributed by atoms with Gasteiger partial charge in [-0.1, -0.05) is 75.7 Å². The van der Waals surface area contributed by atoms with E-state index in [1.165, 1.54) is 5.56 Å². The Kier molecular flexibility index (Phi) is 10.8. The molecule has 2 aromatic rings. The van der Waals surface area contributed by atoms with Crippen molar-refractivity contribution in [3.63, 3.8) is 0 Å². The lowest BCUT2D eigenvalue weighted by Gasteiger charge is -2.35. The number of aliphatic hydroxyl groups excluding tert-OH is 2. The Morgan fingerprint density at radius 1 is 1.06 bits per heavy atom. The molecule has 0 radical (unpaired) electrons. The van der Waals surface area contributed by atoms with Crippen LogP contribution in [0.2, 0.25) is 5.02 Å². The maximum Gasteiger partial charge on any atom is 0.141 e. The van der Waals surface area contributed by atoms with Gasteiger partial charge in [-0.15, -0.1) is 0 Å². The maximum atomic E-state index is 10.3. The van der Waals surface area contributed by atoms with Crippen LogP contribution in [0.25, 0.3) is 0 Å². The van der Waals surface area contributed by atoms with E-state index in [-0.39, 0.29) is 18.8 Å². The largest absolute Gasteiger partial charge is 0.492 e. The second-order valence-corrected chi connectivity index (χ2v) is 7.79. The van der Waals surface area contributed by atoms with Crippen molar-refractivity contribution in [1.82, 2.24) is 0 Å². The lowest BCUT2D eigenvalue weighted by Crippen LogP contribution is -2.34. The molecule has 2 heterocycles. The molecule has 2 N–H and O–H groups in total. The summed E-state index contributed by atoms with van der Waals surface area (Å²) in [6, 6.07) is 12.3. The summed E-state index contributed by atoms with van der Waals surface area (Å²) in [4.78, 5) is 0. The van der Waals surface area contributed by atoms with Crippen LogP contribution in [0.5, 0.6) is 5.75 Å². The van der Waals surface area contributed by atoms with Crippen molar-refractivity contribution in [2.75, 3.05) is 13.2 Å². The van der Waals surface area contributed by atoms with E-state index in [4.69, 9.17) is 21.1 Å². The highest BCUT2D eigenvalue weighted by molar-refractivity contribution is 6.33. The van der Waals surface area contributed by atoms with Gasteiger partial charge in [-0.3, -0.25) is 0 Å². The van der Waals surface area contributed by atoms with E-state index >= 15 is 0 Å². The van der Waals surface area contributed by atoms with Crippen molar-refractivity contribution >= 4 is 11.6 Å². The summed E-state index contributed by atoms with van der Waals surface area (Å²) >= 11 is 6.72. The SMILES string of the molecule is CC.CC.OCC1CC(O)CC(c2cc(Cc3ccccc3)c(Cl)c3c2CCCO3)O1. The summed E-state index contributed by atoms with van der Waals surface area (Å²) in [6.07, 6.45) is 2.45. The van der Waals surface area contributed by atoms with Gasteiger partial charge in [0.25, 0.3) is 0 Å². The average Bonchev–Trinajstić information content (AvgIpc) is 2.83. The Hall–Kier alpha value is -1.59. The smallest absolute Gasteiger partial charge is 0.141 e. The van der Waals surface area contributed by atoms with Crippen LogP contribution in [0.3, 0.4) is 0 Å². The number of hydrogen-bond acceptors (Lipinski definition) is 4. The van der Waals surface area contributed by atoms with Gasteiger partial charge in [0.1, 0.15) is 5.75 Å². The van der Waals surface area contributed by atoms with Gasteiger partial charge in [-0.05, 0) is 36.0 Å². The second-order valence-electron chi connectivity index (χ2n) is 7.42. The Balaban J connectivity index is 0.000000807. The number of benzene rings is 2. The monoisotopic (exact) mass is 448 g/mol. The molecule has 2 aliphatic heterocycles. The number of hydrogen-bond donors (Lipinski definition) is 2. The molecule has 31 heavy (non-hydrogen) atoms. The molecule has 172 valence electrons. The van der Waals surface area contributed by atoms with Gasteiger partial charge in [-0.25, -0.2) is 0 Å². The molecule has 0 aromatic heterocycles. The molecule has 0 bridgehead atoms. The van der Waals surface area contributed by atoms with Gasteiger partial charge in [0.05, 0.1) is 36.5 Å². The zero-order chi connectivity index (χ0) is 22.8. The standard InChI is InChI=1S/C22H25ClO4.2C2H6/c23-21-15(9-14-5-2-1-3-6-14)10-19(18-7-4-8-26-22(18)21)20-12-16(25)11-17(13-24)27-20;2*1-2/h1-3,5-6,10,16-17,20,24-25H,4,7-9,11-13H2;2*1-2H3. The summed E-state index contributed by atoms with van der Waals surface area (Å²) in [5.74, 6) is 0.760.